The Morgan fingerprint density at radius 1 is 1.22 bits per heavy atom. The van der Waals surface area contributed by atoms with Crippen LogP contribution in [-0.4, -0.2) is 18.7 Å². The van der Waals surface area contributed by atoms with E-state index >= 15 is 0 Å². The van der Waals surface area contributed by atoms with Gasteiger partial charge in [0.15, 0.2) is 11.9 Å². The molecule has 0 aromatic carbocycles. The second-order valence-electron chi connectivity index (χ2n) is 4.48. The molecule has 4 nitrogen and oxygen atoms in total. The van der Waals surface area contributed by atoms with Crippen molar-refractivity contribution in [2.24, 2.45) is 0 Å². The van der Waals surface area contributed by atoms with E-state index in [1.54, 1.807) is 0 Å². The van der Waals surface area contributed by atoms with Gasteiger partial charge in [-0.3, -0.25) is 4.55 Å². The Morgan fingerprint density at radius 3 is 2.67 bits per heavy atom. The van der Waals surface area contributed by atoms with Crippen LogP contribution in [0.4, 0.5) is 0 Å². The Balaban J connectivity index is 2.53. The number of aryl methyl sites for hydroxylation is 2. The van der Waals surface area contributed by atoms with Gasteiger partial charge in [-0.1, -0.05) is 25.8 Å². The van der Waals surface area contributed by atoms with Crippen LogP contribution in [0.15, 0.2) is 24.4 Å². The molecule has 1 aromatic rings. The van der Waals surface area contributed by atoms with Gasteiger partial charge in [-0.2, -0.15) is 8.42 Å². The molecule has 102 valence electrons. The van der Waals surface area contributed by atoms with E-state index in [1.165, 1.54) is 18.5 Å². The highest BCUT2D eigenvalue weighted by Gasteiger charge is 2.11. The average molecular weight is 272 g/mol. The number of aromatic nitrogens is 1. The summed E-state index contributed by atoms with van der Waals surface area (Å²) in [4.78, 5) is 0. The highest BCUT2D eigenvalue weighted by molar-refractivity contribution is 7.85. The van der Waals surface area contributed by atoms with Crippen molar-refractivity contribution in [2.45, 2.75) is 45.6 Å². The fourth-order valence-electron chi connectivity index (χ4n) is 1.93. The van der Waals surface area contributed by atoms with Crippen LogP contribution < -0.4 is 4.57 Å². The van der Waals surface area contributed by atoms with Gasteiger partial charge in [-0.25, -0.2) is 4.57 Å². The number of rotatable bonds is 8. The van der Waals surface area contributed by atoms with E-state index in [0.717, 1.165) is 12.8 Å². The van der Waals surface area contributed by atoms with E-state index in [4.69, 9.17) is 4.55 Å². The van der Waals surface area contributed by atoms with Crippen LogP contribution in [0.2, 0.25) is 0 Å². The Labute approximate surface area is 109 Å². The largest absolute Gasteiger partial charge is 0.286 e. The van der Waals surface area contributed by atoms with Crippen molar-refractivity contribution < 1.29 is 17.5 Å². The molecule has 0 radical (unpaired) electrons. The maximum atomic E-state index is 10.7. The van der Waals surface area contributed by atoms with Gasteiger partial charge in [-0.05, 0) is 6.42 Å². The van der Waals surface area contributed by atoms with Gasteiger partial charge in [0.05, 0.1) is 5.75 Å². The minimum atomic E-state index is -3.84. The Kier molecular flexibility index (Phi) is 6.29. The fourth-order valence-corrected chi connectivity index (χ4v) is 2.42. The van der Waals surface area contributed by atoms with Gasteiger partial charge in [0.25, 0.3) is 10.1 Å². The SMILES string of the molecule is CCCCCc1cccc[n+]1CCCS(=O)(=O)O. The number of hydrogen-bond acceptors (Lipinski definition) is 2. The molecule has 0 atom stereocenters. The first-order valence-electron chi connectivity index (χ1n) is 6.45. The monoisotopic (exact) mass is 272 g/mol. The molecule has 1 N–H and O–H groups in total. The average Bonchev–Trinajstić information content (AvgIpc) is 2.30. The minimum absolute atomic E-state index is 0.177. The number of hydrogen-bond donors (Lipinski definition) is 1. The van der Waals surface area contributed by atoms with Gasteiger partial charge >= 0.3 is 0 Å². The lowest BCUT2D eigenvalue weighted by Crippen LogP contribution is -2.38. The topological polar surface area (TPSA) is 58.2 Å². The molecule has 0 bridgehead atoms. The molecular weight excluding hydrogens is 250 g/mol. The molecule has 0 unspecified atom stereocenters. The van der Waals surface area contributed by atoms with Crippen LogP contribution in [-0.2, 0) is 23.1 Å². The van der Waals surface area contributed by atoms with E-state index < -0.39 is 10.1 Å². The predicted molar refractivity (Wildman–Crippen MR) is 70.9 cm³/mol. The van der Waals surface area contributed by atoms with Crippen molar-refractivity contribution in [3.8, 4) is 0 Å². The zero-order valence-corrected chi connectivity index (χ0v) is 11.7. The summed E-state index contributed by atoms with van der Waals surface area (Å²) in [5, 5.41) is 0. The van der Waals surface area contributed by atoms with Crippen molar-refractivity contribution in [1.29, 1.82) is 0 Å². The molecule has 0 saturated heterocycles. The lowest BCUT2D eigenvalue weighted by molar-refractivity contribution is -0.704. The third kappa shape index (κ3) is 6.12. The lowest BCUT2D eigenvalue weighted by Gasteiger charge is -2.03. The first kappa shape index (κ1) is 15.1. The van der Waals surface area contributed by atoms with E-state index in [0.29, 0.717) is 13.0 Å². The zero-order chi connectivity index (χ0) is 13.4. The second kappa shape index (κ2) is 7.48. The number of nitrogens with zero attached hydrogens (tertiary/aromatic N) is 1. The van der Waals surface area contributed by atoms with Crippen LogP contribution >= 0.6 is 0 Å². The number of unbranched alkanes of at least 4 members (excludes halogenated alkanes) is 2. The Morgan fingerprint density at radius 2 is 2.00 bits per heavy atom. The highest BCUT2D eigenvalue weighted by Crippen LogP contribution is 2.02. The smallest absolute Gasteiger partial charge is 0.265 e. The van der Waals surface area contributed by atoms with Gasteiger partial charge in [0.2, 0.25) is 0 Å². The van der Waals surface area contributed by atoms with Crippen molar-refractivity contribution >= 4 is 10.1 Å². The summed E-state index contributed by atoms with van der Waals surface area (Å²) in [6, 6.07) is 6.01. The third-order valence-electron chi connectivity index (χ3n) is 2.87. The van der Waals surface area contributed by atoms with Crippen molar-refractivity contribution in [3.05, 3.63) is 30.1 Å². The first-order valence-corrected chi connectivity index (χ1v) is 8.06. The normalized spacial score (nSPS) is 11.7. The molecule has 0 saturated carbocycles. The van der Waals surface area contributed by atoms with E-state index in [1.807, 2.05) is 18.3 Å². The maximum Gasteiger partial charge on any atom is 0.265 e. The summed E-state index contributed by atoms with van der Waals surface area (Å²) >= 11 is 0. The molecule has 18 heavy (non-hydrogen) atoms. The van der Waals surface area contributed by atoms with Gasteiger partial charge in [0.1, 0.15) is 6.54 Å². The van der Waals surface area contributed by atoms with E-state index in [-0.39, 0.29) is 5.75 Å². The Bertz CT molecular complexity index is 457. The zero-order valence-electron chi connectivity index (χ0n) is 10.9. The summed E-state index contributed by atoms with van der Waals surface area (Å²) in [5.74, 6) is -0.177. The molecule has 5 heteroatoms. The van der Waals surface area contributed by atoms with Crippen LogP contribution in [0.1, 0.15) is 38.3 Å². The maximum absolute atomic E-state index is 10.7. The van der Waals surface area contributed by atoms with Crippen LogP contribution in [0.5, 0.6) is 0 Å². The van der Waals surface area contributed by atoms with Crippen LogP contribution in [0.3, 0.4) is 0 Å². The van der Waals surface area contributed by atoms with Gasteiger partial charge in [0, 0.05) is 25.0 Å². The molecule has 0 aliphatic heterocycles. The molecule has 0 fully saturated rings. The summed E-state index contributed by atoms with van der Waals surface area (Å²) < 4.78 is 32.1. The van der Waals surface area contributed by atoms with Crippen molar-refractivity contribution in [2.75, 3.05) is 5.75 Å². The molecule has 0 amide bonds. The summed E-state index contributed by atoms with van der Waals surface area (Å²) in [5.41, 5.74) is 1.22. The summed E-state index contributed by atoms with van der Waals surface area (Å²) in [6.07, 6.45) is 6.97. The first-order chi connectivity index (χ1) is 8.53. The van der Waals surface area contributed by atoms with E-state index in [9.17, 15) is 8.42 Å². The standard InChI is InChI=1S/C13H21NO3S/c1-2-3-4-8-13-9-5-6-10-14(13)11-7-12-18(15,16)17/h5-6,9-10H,2-4,7-8,11-12H2,1H3/p+1. The number of pyridine rings is 1. The third-order valence-corrected chi connectivity index (χ3v) is 3.68. The molecule has 0 aliphatic carbocycles. The molecular formula is C13H22NO3S+. The van der Waals surface area contributed by atoms with Crippen molar-refractivity contribution in [3.63, 3.8) is 0 Å². The molecule has 0 spiro atoms. The quantitative estimate of drug-likeness (QED) is 0.447. The molecule has 1 aromatic heterocycles. The lowest BCUT2D eigenvalue weighted by atomic mass is 10.1. The molecule has 1 rings (SSSR count). The summed E-state index contributed by atoms with van der Waals surface area (Å²) in [6.45, 7) is 2.80. The highest BCUT2D eigenvalue weighted by atomic mass is 32.2. The van der Waals surface area contributed by atoms with Gasteiger partial charge in [-0.15, -0.1) is 0 Å². The van der Waals surface area contributed by atoms with Crippen molar-refractivity contribution in [1.82, 2.24) is 0 Å². The molecule has 0 aliphatic rings. The Hall–Kier alpha value is -0.940. The fraction of sp³-hybridized carbons (Fsp3) is 0.615. The second-order valence-corrected chi connectivity index (χ2v) is 6.05. The van der Waals surface area contributed by atoms with Crippen LogP contribution in [0, 0.1) is 0 Å². The minimum Gasteiger partial charge on any atom is -0.286 e. The van der Waals surface area contributed by atoms with E-state index in [2.05, 4.69) is 17.6 Å². The summed E-state index contributed by atoms with van der Waals surface area (Å²) in [7, 11) is -3.84. The van der Waals surface area contributed by atoms with Crippen LogP contribution in [0.25, 0.3) is 0 Å². The predicted octanol–water partition coefficient (Wildman–Crippen LogP) is 1.98. The molecule has 1 heterocycles. The van der Waals surface area contributed by atoms with Gasteiger partial charge < -0.3 is 0 Å².